The van der Waals surface area contributed by atoms with Crippen LogP contribution >= 0.6 is 0 Å². The Kier molecular flexibility index (Phi) is 2.93. The van der Waals surface area contributed by atoms with Gasteiger partial charge in [0.1, 0.15) is 9.84 Å². The van der Waals surface area contributed by atoms with Crippen molar-refractivity contribution in [1.82, 2.24) is 5.32 Å². The van der Waals surface area contributed by atoms with Crippen molar-refractivity contribution in [2.24, 2.45) is 0 Å². The molecule has 2 rings (SSSR count). The summed E-state index contributed by atoms with van der Waals surface area (Å²) in [6, 6.07) is 0.976. The van der Waals surface area contributed by atoms with E-state index in [0.717, 1.165) is 25.7 Å². The summed E-state index contributed by atoms with van der Waals surface area (Å²) in [5, 5.41) is 3.53. The van der Waals surface area contributed by atoms with Crippen LogP contribution in [0.1, 0.15) is 25.7 Å². The molecule has 0 amide bonds. The molecule has 0 atom stereocenters. The number of nitrogens with one attached hydrogen (secondary N) is 1. The topological polar surface area (TPSA) is 46.2 Å². The van der Waals surface area contributed by atoms with Crippen molar-refractivity contribution in [2.75, 3.05) is 11.5 Å². The lowest BCUT2D eigenvalue weighted by Crippen LogP contribution is -2.42. The Bertz CT molecular complexity index is 299. The molecule has 0 saturated carbocycles. The van der Waals surface area contributed by atoms with Gasteiger partial charge in [-0.1, -0.05) is 12.2 Å². The lowest BCUT2D eigenvalue weighted by atomic mass is 10.1. The second-order valence-corrected chi connectivity index (χ2v) is 6.54. The molecular weight excluding hydrogens is 198 g/mol. The molecule has 3 nitrogen and oxygen atoms in total. The van der Waals surface area contributed by atoms with Gasteiger partial charge in [0.15, 0.2) is 0 Å². The molecule has 1 fully saturated rings. The second-order valence-electron chi connectivity index (χ2n) is 4.23. The smallest absolute Gasteiger partial charge is 0.150 e. The van der Waals surface area contributed by atoms with Crippen LogP contribution in [0, 0.1) is 0 Å². The van der Waals surface area contributed by atoms with Gasteiger partial charge in [0, 0.05) is 12.1 Å². The quantitative estimate of drug-likeness (QED) is 0.695. The van der Waals surface area contributed by atoms with E-state index in [-0.39, 0.29) is 0 Å². The van der Waals surface area contributed by atoms with Crippen LogP contribution in [0.15, 0.2) is 12.2 Å². The van der Waals surface area contributed by atoms with E-state index in [1.165, 1.54) is 0 Å². The van der Waals surface area contributed by atoms with E-state index in [1.54, 1.807) is 0 Å². The molecule has 0 bridgehead atoms. The highest BCUT2D eigenvalue weighted by molar-refractivity contribution is 7.91. The summed E-state index contributed by atoms with van der Waals surface area (Å²) in [6.45, 7) is 0. The van der Waals surface area contributed by atoms with Gasteiger partial charge >= 0.3 is 0 Å². The Hall–Kier alpha value is -0.350. The molecule has 14 heavy (non-hydrogen) atoms. The van der Waals surface area contributed by atoms with Crippen molar-refractivity contribution in [3.8, 4) is 0 Å². The van der Waals surface area contributed by atoms with E-state index >= 15 is 0 Å². The molecule has 2 aliphatic rings. The number of hydrogen-bond acceptors (Lipinski definition) is 3. The van der Waals surface area contributed by atoms with E-state index in [0.29, 0.717) is 23.6 Å². The summed E-state index contributed by atoms with van der Waals surface area (Å²) in [7, 11) is -2.70. The van der Waals surface area contributed by atoms with Gasteiger partial charge in [-0.2, -0.15) is 0 Å². The number of sulfone groups is 1. The lowest BCUT2D eigenvalue weighted by Gasteiger charge is -2.26. The van der Waals surface area contributed by atoms with Crippen LogP contribution in [0.2, 0.25) is 0 Å². The fourth-order valence-corrected chi connectivity index (χ4v) is 3.63. The minimum absolute atomic E-state index is 0.366. The van der Waals surface area contributed by atoms with Gasteiger partial charge in [-0.15, -0.1) is 0 Å². The molecule has 0 aromatic heterocycles. The highest BCUT2D eigenvalue weighted by atomic mass is 32.2. The van der Waals surface area contributed by atoms with E-state index in [2.05, 4.69) is 17.5 Å². The molecule has 0 aromatic rings. The van der Waals surface area contributed by atoms with Crippen molar-refractivity contribution in [2.45, 2.75) is 37.8 Å². The van der Waals surface area contributed by atoms with Gasteiger partial charge in [-0.25, -0.2) is 8.42 Å². The largest absolute Gasteiger partial charge is 0.311 e. The van der Waals surface area contributed by atoms with Gasteiger partial charge in [0.25, 0.3) is 0 Å². The predicted octanol–water partition coefficient (Wildman–Crippen LogP) is 0.872. The molecule has 1 aliphatic carbocycles. The van der Waals surface area contributed by atoms with E-state index in [9.17, 15) is 8.42 Å². The Balaban J connectivity index is 1.78. The third-order valence-corrected chi connectivity index (χ3v) is 4.75. The average Bonchev–Trinajstić information content (AvgIpc) is 2.61. The minimum atomic E-state index is -2.70. The van der Waals surface area contributed by atoms with E-state index in [4.69, 9.17) is 0 Å². The van der Waals surface area contributed by atoms with Gasteiger partial charge in [-0.05, 0) is 25.7 Å². The maximum absolute atomic E-state index is 11.2. The van der Waals surface area contributed by atoms with Crippen molar-refractivity contribution in [3.05, 3.63) is 12.2 Å². The SMILES string of the molecule is O=S1(=O)CCC(NC2CC=CC2)CC1. The van der Waals surface area contributed by atoms with Crippen LogP contribution < -0.4 is 5.32 Å². The van der Waals surface area contributed by atoms with Crippen LogP contribution in [0.25, 0.3) is 0 Å². The minimum Gasteiger partial charge on any atom is -0.311 e. The van der Waals surface area contributed by atoms with Crippen molar-refractivity contribution < 1.29 is 8.42 Å². The first-order valence-corrected chi connectivity index (χ1v) is 7.09. The normalized spacial score (nSPS) is 28.3. The highest BCUT2D eigenvalue weighted by Crippen LogP contribution is 2.16. The maximum atomic E-state index is 11.2. The molecule has 4 heteroatoms. The van der Waals surface area contributed by atoms with Crippen LogP contribution in [-0.2, 0) is 9.84 Å². The standard InChI is InChI=1S/C10H17NO2S/c12-14(13)7-5-10(6-8-14)11-9-3-1-2-4-9/h1-2,9-11H,3-8H2. The molecule has 1 N–H and O–H groups in total. The lowest BCUT2D eigenvalue weighted by molar-refractivity contribution is 0.408. The summed E-state index contributed by atoms with van der Waals surface area (Å²) in [5.41, 5.74) is 0. The molecule has 1 heterocycles. The van der Waals surface area contributed by atoms with Crippen LogP contribution in [0.5, 0.6) is 0 Å². The first-order valence-electron chi connectivity index (χ1n) is 5.27. The van der Waals surface area contributed by atoms with Crippen molar-refractivity contribution in [1.29, 1.82) is 0 Å². The zero-order valence-electron chi connectivity index (χ0n) is 8.28. The molecule has 0 radical (unpaired) electrons. The highest BCUT2D eigenvalue weighted by Gasteiger charge is 2.25. The first kappa shape index (κ1) is 10.2. The molecule has 80 valence electrons. The molecular formula is C10H17NO2S. The summed E-state index contributed by atoms with van der Waals surface area (Å²) >= 11 is 0. The van der Waals surface area contributed by atoms with Crippen LogP contribution in [0.4, 0.5) is 0 Å². The average molecular weight is 215 g/mol. The van der Waals surface area contributed by atoms with Crippen LogP contribution in [0.3, 0.4) is 0 Å². The number of rotatable bonds is 2. The zero-order valence-corrected chi connectivity index (χ0v) is 9.09. The Morgan fingerprint density at radius 1 is 1.00 bits per heavy atom. The van der Waals surface area contributed by atoms with Gasteiger partial charge in [-0.3, -0.25) is 0 Å². The summed E-state index contributed by atoms with van der Waals surface area (Å²) < 4.78 is 22.4. The molecule has 0 aromatic carbocycles. The summed E-state index contributed by atoms with van der Waals surface area (Å²) in [5.74, 6) is 0.732. The summed E-state index contributed by atoms with van der Waals surface area (Å²) in [4.78, 5) is 0. The monoisotopic (exact) mass is 215 g/mol. The Labute approximate surface area is 85.5 Å². The second kappa shape index (κ2) is 4.03. The summed E-state index contributed by atoms with van der Waals surface area (Å²) in [6.07, 6.45) is 8.17. The van der Waals surface area contributed by atoms with E-state index in [1.807, 2.05) is 0 Å². The first-order chi connectivity index (χ1) is 6.66. The Morgan fingerprint density at radius 2 is 1.57 bits per heavy atom. The van der Waals surface area contributed by atoms with Crippen molar-refractivity contribution >= 4 is 9.84 Å². The van der Waals surface area contributed by atoms with Gasteiger partial charge < -0.3 is 5.32 Å². The molecule has 0 unspecified atom stereocenters. The molecule has 1 saturated heterocycles. The van der Waals surface area contributed by atoms with Crippen LogP contribution in [-0.4, -0.2) is 32.0 Å². The predicted molar refractivity (Wildman–Crippen MR) is 57.0 cm³/mol. The van der Waals surface area contributed by atoms with Gasteiger partial charge in [0.05, 0.1) is 11.5 Å². The molecule has 1 aliphatic heterocycles. The molecule has 0 spiro atoms. The third-order valence-electron chi connectivity index (χ3n) is 3.03. The fraction of sp³-hybridized carbons (Fsp3) is 0.800. The van der Waals surface area contributed by atoms with Crippen molar-refractivity contribution in [3.63, 3.8) is 0 Å². The Morgan fingerprint density at radius 3 is 2.14 bits per heavy atom. The zero-order chi connectivity index (χ0) is 10.0. The van der Waals surface area contributed by atoms with Gasteiger partial charge in [0.2, 0.25) is 0 Å². The maximum Gasteiger partial charge on any atom is 0.150 e. The van der Waals surface area contributed by atoms with E-state index < -0.39 is 9.84 Å². The fourth-order valence-electron chi connectivity index (χ4n) is 2.14. The number of hydrogen-bond donors (Lipinski definition) is 1. The third kappa shape index (κ3) is 2.58.